The van der Waals surface area contributed by atoms with E-state index in [4.69, 9.17) is 0 Å². The van der Waals surface area contributed by atoms with Crippen LogP contribution in [-0.2, 0) is 21.6 Å². The Bertz CT molecular complexity index is 666. The summed E-state index contributed by atoms with van der Waals surface area (Å²) in [7, 11) is -3.10. The van der Waals surface area contributed by atoms with E-state index in [1.54, 1.807) is 24.3 Å². The molecule has 0 aliphatic heterocycles. The summed E-state index contributed by atoms with van der Waals surface area (Å²) >= 11 is 0. The van der Waals surface area contributed by atoms with E-state index in [1.165, 1.54) is 0 Å². The summed E-state index contributed by atoms with van der Waals surface area (Å²) < 4.78 is 25.4. The Labute approximate surface area is 155 Å². The van der Waals surface area contributed by atoms with Crippen molar-refractivity contribution in [1.82, 2.24) is 0 Å². The first-order valence-corrected chi connectivity index (χ1v) is 11.0. The monoisotopic (exact) mass is 378 g/mol. The van der Waals surface area contributed by atoms with Crippen molar-refractivity contribution in [3.63, 3.8) is 0 Å². The molecule has 2 aromatic rings. The molecule has 0 aliphatic rings. The van der Waals surface area contributed by atoms with Crippen LogP contribution in [0.1, 0.15) is 37.3 Å². The van der Waals surface area contributed by atoms with Gasteiger partial charge in [0, 0.05) is 9.79 Å². The molecule has 3 atom stereocenters. The van der Waals surface area contributed by atoms with Gasteiger partial charge in [-0.1, -0.05) is 55.2 Å². The van der Waals surface area contributed by atoms with Gasteiger partial charge in [-0.3, -0.25) is 8.42 Å². The second-order valence-corrected chi connectivity index (χ2v) is 9.75. The van der Waals surface area contributed by atoms with E-state index in [9.17, 15) is 13.5 Å². The molecular weight excluding hydrogens is 352 g/mol. The van der Waals surface area contributed by atoms with Crippen molar-refractivity contribution in [3.8, 4) is 0 Å². The molecule has 0 spiro atoms. The summed E-state index contributed by atoms with van der Waals surface area (Å²) in [4.78, 5) is 1.21. The van der Waals surface area contributed by atoms with Crippen molar-refractivity contribution >= 4 is 21.6 Å². The summed E-state index contributed by atoms with van der Waals surface area (Å²) in [6.45, 7) is 5.96. The molecular formula is C20H26O3S2. The minimum absolute atomic E-state index is 0.496. The van der Waals surface area contributed by atoms with E-state index in [0.717, 1.165) is 24.0 Å². The molecule has 2 aromatic carbocycles. The Morgan fingerprint density at radius 3 is 1.60 bits per heavy atom. The number of aliphatic hydroxyl groups is 1. The third kappa shape index (κ3) is 5.33. The minimum Gasteiger partial charge on any atom is -0.391 e. The number of unbranched alkanes of at least 4 members (excludes halogenated alkanes) is 1. The molecule has 0 saturated carbocycles. The largest absolute Gasteiger partial charge is 0.391 e. The number of aliphatic hydroxyl groups excluding tert-OH is 1. The first kappa shape index (κ1) is 20.0. The van der Waals surface area contributed by atoms with Crippen molar-refractivity contribution in [2.24, 2.45) is 0 Å². The lowest BCUT2D eigenvalue weighted by Gasteiger charge is -2.22. The highest BCUT2D eigenvalue weighted by Crippen LogP contribution is 2.25. The fraction of sp³-hybridized carbons (Fsp3) is 0.400. The zero-order valence-corrected chi connectivity index (χ0v) is 16.6. The minimum atomic E-state index is -1.55. The molecule has 2 rings (SSSR count). The number of hydrogen-bond acceptors (Lipinski definition) is 3. The summed E-state index contributed by atoms with van der Waals surface area (Å²) in [5, 5.41) is 10.6. The maximum Gasteiger partial charge on any atom is 0.145 e. The second kappa shape index (κ2) is 9.41. The Balaban J connectivity index is 2.34. The van der Waals surface area contributed by atoms with Crippen LogP contribution in [0.25, 0.3) is 0 Å². The van der Waals surface area contributed by atoms with Gasteiger partial charge in [0.05, 0.1) is 27.7 Å². The van der Waals surface area contributed by atoms with Crippen molar-refractivity contribution < 1.29 is 13.5 Å². The van der Waals surface area contributed by atoms with E-state index in [1.807, 2.05) is 45.0 Å². The Hall–Kier alpha value is -1.30. The molecule has 0 heterocycles. The quantitative estimate of drug-likeness (QED) is 0.752. The van der Waals surface area contributed by atoms with Gasteiger partial charge in [0.1, 0.15) is 4.58 Å². The summed E-state index contributed by atoms with van der Waals surface area (Å²) in [5.74, 6) is 0. The second-order valence-electron chi connectivity index (χ2n) is 6.30. The first-order valence-electron chi connectivity index (χ1n) is 8.56. The highest BCUT2D eigenvalue weighted by molar-refractivity contribution is 8.03. The highest BCUT2D eigenvalue weighted by Gasteiger charge is 2.33. The molecule has 25 heavy (non-hydrogen) atoms. The van der Waals surface area contributed by atoms with Gasteiger partial charge in [-0.25, -0.2) is 0 Å². The van der Waals surface area contributed by atoms with Gasteiger partial charge in [-0.15, -0.1) is 0 Å². The van der Waals surface area contributed by atoms with Gasteiger partial charge in [-0.2, -0.15) is 0 Å². The predicted octanol–water partition coefficient (Wildman–Crippen LogP) is 4.10. The average Bonchev–Trinajstić information content (AvgIpc) is 2.61. The number of hydrogen-bond donors (Lipinski definition) is 1. The first-order chi connectivity index (χ1) is 11.9. The van der Waals surface area contributed by atoms with Crippen molar-refractivity contribution in [2.75, 3.05) is 0 Å². The maximum absolute atomic E-state index is 13.1. The molecule has 0 unspecified atom stereocenters. The normalized spacial score (nSPS) is 15.1. The van der Waals surface area contributed by atoms with Crippen LogP contribution in [0.5, 0.6) is 0 Å². The highest BCUT2D eigenvalue weighted by atomic mass is 32.2. The smallest absolute Gasteiger partial charge is 0.145 e. The van der Waals surface area contributed by atoms with Crippen molar-refractivity contribution in [3.05, 3.63) is 59.7 Å². The molecule has 3 nitrogen and oxygen atoms in total. The molecule has 136 valence electrons. The van der Waals surface area contributed by atoms with E-state index in [2.05, 4.69) is 0 Å². The fourth-order valence-electron chi connectivity index (χ4n) is 2.53. The molecule has 1 N–H and O–H groups in total. The van der Waals surface area contributed by atoms with E-state index in [-0.39, 0.29) is 0 Å². The van der Waals surface area contributed by atoms with E-state index < -0.39 is 32.3 Å². The number of benzene rings is 2. The van der Waals surface area contributed by atoms with Crippen molar-refractivity contribution in [2.45, 2.75) is 60.5 Å². The van der Waals surface area contributed by atoms with Crippen LogP contribution in [0.15, 0.2) is 58.3 Å². The molecule has 0 fully saturated rings. The predicted molar refractivity (Wildman–Crippen MR) is 104 cm³/mol. The lowest BCUT2D eigenvalue weighted by Crippen LogP contribution is -2.34. The van der Waals surface area contributed by atoms with E-state index >= 15 is 0 Å². The Morgan fingerprint density at radius 2 is 1.24 bits per heavy atom. The van der Waals surface area contributed by atoms with Gasteiger partial charge in [0.2, 0.25) is 0 Å². The Kier molecular flexibility index (Phi) is 7.54. The maximum atomic E-state index is 13.1. The van der Waals surface area contributed by atoms with Crippen LogP contribution < -0.4 is 0 Å². The topological polar surface area (TPSA) is 54.4 Å². The van der Waals surface area contributed by atoms with E-state index in [0.29, 0.717) is 16.2 Å². The van der Waals surface area contributed by atoms with Crippen LogP contribution >= 0.6 is 0 Å². The molecule has 0 bridgehead atoms. The van der Waals surface area contributed by atoms with Crippen molar-refractivity contribution in [1.29, 1.82) is 0 Å². The lowest BCUT2D eigenvalue weighted by atomic mass is 10.2. The van der Waals surface area contributed by atoms with Crippen LogP contribution in [0, 0.1) is 13.8 Å². The van der Waals surface area contributed by atoms with Crippen LogP contribution in [0.3, 0.4) is 0 Å². The molecule has 0 amide bonds. The average molecular weight is 379 g/mol. The van der Waals surface area contributed by atoms with Gasteiger partial charge >= 0.3 is 0 Å². The number of rotatable bonds is 8. The molecule has 0 saturated heterocycles. The molecule has 0 aromatic heterocycles. The summed E-state index contributed by atoms with van der Waals surface area (Å²) in [6.07, 6.45) is 1.37. The van der Waals surface area contributed by atoms with Crippen LogP contribution in [-0.4, -0.2) is 24.2 Å². The third-order valence-electron chi connectivity index (χ3n) is 4.10. The Morgan fingerprint density at radius 1 is 0.840 bits per heavy atom. The SMILES string of the molecule is CCCC[C@H](O)C([S@@](=O)c1ccc(C)cc1)[S@@](=O)c1ccc(C)cc1. The van der Waals surface area contributed by atoms with Crippen LogP contribution in [0.4, 0.5) is 0 Å². The van der Waals surface area contributed by atoms with Gasteiger partial charge < -0.3 is 5.11 Å². The van der Waals surface area contributed by atoms with Gasteiger partial charge in [0.15, 0.2) is 0 Å². The van der Waals surface area contributed by atoms with Crippen LogP contribution in [0.2, 0.25) is 0 Å². The zero-order valence-electron chi connectivity index (χ0n) is 15.0. The van der Waals surface area contributed by atoms with Gasteiger partial charge in [-0.05, 0) is 44.5 Å². The lowest BCUT2D eigenvalue weighted by molar-refractivity contribution is 0.176. The molecule has 0 aliphatic carbocycles. The summed E-state index contributed by atoms with van der Waals surface area (Å²) in [5.41, 5.74) is 2.15. The number of aryl methyl sites for hydroxylation is 2. The fourth-order valence-corrected chi connectivity index (χ4v) is 6.02. The standard InChI is InChI=1S/C20H26O3S2/c1-4-5-6-19(21)20(24(22)17-11-7-15(2)8-12-17)25(23)18-13-9-16(3)10-14-18/h7-14,19-21H,4-6H2,1-3H3/t19-,24-,25-/m0/s1. The summed E-state index contributed by atoms with van der Waals surface area (Å²) in [6, 6.07) is 14.7. The molecule has 0 radical (unpaired) electrons. The third-order valence-corrected chi connectivity index (χ3v) is 8.09. The van der Waals surface area contributed by atoms with Gasteiger partial charge in [0.25, 0.3) is 0 Å². The molecule has 5 heteroatoms. The zero-order chi connectivity index (χ0) is 18.4.